The van der Waals surface area contributed by atoms with E-state index in [4.69, 9.17) is 6.42 Å². The van der Waals surface area contributed by atoms with Crippen LogP contribution < -0.4 is 10.6 Å². The molecule has 4 rings (SSSR count). The van der Waals surface area contributed by atoms with E-state index < -0.39 is 17.2 Å². The number of nitriles is 1. The highest BCUT2D eigenvalue weighted by atomic mass is 32.2. The second-order valence-corrected chi connectivity index (χ2v) is 11.4. The highest BCUT2D eigenvalue weighted by Gasteiger charge is 2.45. The van der Waals surface area contributed by atoms with Crippen molar-refractivity contribution in [2.45, 2.75) is 42.7 Å². The summed E-state index contributed by atoms with van der Waals surface area (Å²) in [6.07, 6.45) is 8.61. The summed E-state index contributed by atoms with van der Waals surface area (Å²) in [7, 11) is 0. The van der Waals surface area contributed by atoms with Crippen molar-refractivity contribution in [2.24, 2.45) is 5.92 Å². The van der Waals surface area contributed by atoms with Crippen LogP contribution in [0.4, 0.5) is 5.69 Å². The predicted octanol–water partition coefficient (Wildman–Crippen LogP) is 3.70. The van der Waals surface area contributed by atoms with Gasteiger partial charge in [-0.25, -0.2) is 0 Å². The topological polar surface area (TPSA) is 88.5 Å². The van der Waals surface area contributed by atoms with Gasteiger partial charge in [-0.1, -0.05) is 48.4 Å². The fourth-order valence-corrected chi connectivity index (χ4v) is 6.90. The van der Waals surface area contributed by atoms with Gasteiger partial charge in [0.25, 0.3) is 0 Å². The summed E-state index contributed by atoms with van der Waals surface area (Å²) in [6.45, 7) is 6.07. The summed E-state index contributed by atoms with van der Waals surface area (Å²) in [5, 5.41) is 14.7. The molecule has 1 unspecified atom stereocenters. The lowest BCUT2D eigenvalue weighted by atomic mass is 9.89. The zero-order valence-electron chi connectivity index (χ0n) is 22.5. The largest absolute Gasteiger partial charge is 0.383 e. The van der Waals surface area contributed by atoms with Gasteiger partial charge in [0.2, 0.25) is 11.8 Å². The molecule has 7 nitrogen and oxygen atoms in total. The third kappa shape index (κ3) is 7.35. The third-order valence-electron chi connectivity index (χ3n) is 7.58. The van der Waals surface area contributed by atoms with E-state index in [1.165, 1.54) is 35.7 Å². The van der Waals surface area contributed by atoms with E-state index >= 15 is 0 Å². The van der Waals surface area contributed by atoms with E-state index in [1.54, 1.807) is 4.90 Å². The number of nitrogens with zero attached hydrogens (tertiary/aromatic N) is 3. The zero-order chi connectivity index (χ0) is 27.6. The second kappa shape index (κ2) is 14.1. The summed E-state index contributed by atoms with van der Waals surface area (Å²) in [5.74, 6) is 1.54. The molecule has 0 spiro atoms. The number of carbonyl (C=O) groups excluding carboxylic acids is 2. The fourth-order valence-electron chi connectivity index (χ4n) is 5.39. The van der Waals surface area contributed by atoms with Crippen LogP contribution >= 0.6 is 11.8 Å². The Kier molecular flexibility index (Phi) is 10.3. The van der Waals surface area contributed by atoms with Crippen molar-refractivity contribution in [3.05, 3.63) is 65.7 Å². The Morgan fingerprint density at radius 1 is 1.18 bits per heavy atom. The minimum absolute atomic E-state index is 0.0555. The SMILES string of the molecule is C#CCNC(=O)[C@@H](C#N)C1S[C@H](CNc2cccc(CCN3CCC(c4ccccc4)CC3)c2)C(=O)N1CC. The first-order valence-corrected chi connectivity index (χ1v) is 14.6. The summed E-state index contributed by atoms with van der Waals surface area (Å²) >= 11 is 1.37. The van der Waals surface area contributed by atoms with Gasteiger partial charge < -0.3 is 20.4 Å². The van der Waals surface area contributed by atoms with E-state index in [0.29, 0.717) is 19.0 Å². The molecule has 39 heavy (non-hydrogen) atoms. The molecule has 2 N–H and O–H groups in total. The highest BCUT2D eigenvalue weighted by Crippen LogP contribution is 2.36. The number of nitrogens with one attached hydrogen (secondary N) is 2. The first kappa shape index (κ1) is 28.5. The molecule has 0 aliphatic carbocycles. The fraction of sp³-hybridized carbons (Fsp3) is 0.452. The maximum Gasteiger partial charge on any atom is 0.241 e. The van der Waals surface area contributed by atoms with Crippen LogP contribution in [0.15, 0.2) is 54.6 Å². The van der Waals surface area contributed by atoms with E-state index in [9.17, 15) is 14.9 Å². The minimum Gasteiger partial charge on any atom is -0.383 e. The van der Waals surface area contributed by atoms with E-state index in [1.807, 2.05) is 19.1 Å². The van der Waals surface area contributed by atoms with Gasteiger partial charge in [-0.05, 0) is 68.5 Å². The van der Waals surface area contributed by atoms with Crippen molar-refractivity contribution in [3.63, 3.8) is 0 Å². The molecule has 2 aromatic rings. The smallest absolute Gasteiger partial charge is 0.241 e. The van der Waals surface area contributed by atoms with Crippen LogP contribution in [0.5, 0.6) is 0 Å². The lowest BCUT2D eigenvalue weighted by Gasteiger charge is -2.32. The number of piperidine rings is 1. The molecule has 2 fully saturated rings. The van der Waals surface area contributed by atoms with Gasteiger partial charge in [-0.15, -0.1) is 18.2 Å². The molecule has 2 amide bonds. The van der Waals surface area contributed by atoms with Gasteiger partial charge in [-0.2, -0.15) is 5.26 Å². The molecule has 8 heteroatoms. The standard InChI is InChI=1S/C31H37N5O2S/c1-3-16-33-29(37)27(21-32)31-36(4-2)30(38)28(39-31)22-34-26-12-8-9-23(20-26)13-17-35-18-14-25(15-19-35)24-10-6-5-7-11-24/h1,5-12,20,25,27-28,31,34H,4,13-19,22H2,2H3,(H,33,37)/t27-,28-,31?/m1/s1. The second-order valence-electron chi connectivity index (χ2n) is 10.0. The quantitative estimate of drug-likeness (QED) is 0.420. The van der Waals surface area contributed by atoms with Crippen LogP contribution in [-0.4, -0.2) is 71.5 Å². The molecule has 2 saturated heterocycles. The number of thioether (sulfide) groups is 1. The number of anilines is 1. The first-order chi connectivity index (χ1) is 19.0. The average molecular weight is 544 g/mol. The Balaban J connectivity index is 1.27. The molecule has 204 valence electrons. The number of hydrogen-bond acceptors (Lipinski definition) is 6. The maximum atomic E-state index is 13.1. The van der Waals surface area contributed by atoms with Crippen LogP contribution in [0.25, 0.3) is 0 Å². The molecule has 0 radical (unpaired) electrons. The number of terminal acetylenes is 1. The third-order valence-corrected chi connectivity index (χ3v) is 9.08. The maximum absolute atomic E-state index is 13.1. The van der Waals surface area contributed by atoms with Gasteiger partial charge >= 0.3 is 0 Å². The number of carbonyl (C=O) groups is 2. The van der Waals surface area contributed by atoms with Crippen LogP contribution in [0.3, 0.4) is 0 Å². The van der Waals surface area contributed by atoms with Gasteiger partial charge in [-0.3, -0.25) is 9.59 Å². The summed E-state index contributed by atoms with van der Waals surface area (Å²) in [6, 6.07) is 21.3. The van der Waals surface area contributed by atoms with Gasteiger partial charge in [0.05, 0.1) is 12.6 Å². The lowest BCUT2D eigenvalue weighted by molar-refractivity contribution is -0.131. The van der Waals surface area contributed by atoms with Crippen molar-refractivity contribution < 1.29 is 9.59 Å². The zero-order valence-corrected chi connectivity index (χ0v) is 23.3. The molecule has 0 bridgehead atoms. The molecule has 2 heterocycles. The Hall–Kier alpha value is -3.46. The van der Waals surface area contributed by atoms with Crippen molar-refractivity contribution in [1.29, 1.82) is 5.26 Å². The van der Waals surface area contributed by atoms with E-state index in [0.717, 1.165) is 31.7 Å². The van der Waals surface area contributed by atoms with Crippen molar-refractivity contribution in [3.8, 4) is 18.4 Å². The number of hydrogen-bond donors (Lipinski definition) is 2. The highest BCUT2D eigenvalue weighted by molar-refractivity contribution is 8.01. The summed E-state index contributed by atoms with van der Waals surface area (Å²) < 4.78 is 0. The number of benzene rings is 2. The van der Waals surface area contributed by atoms with Crippen LogP contribution in [0, 0.1) is 29.6 Å². The Bertz CT molecular complexity index is 1200. The van der Waals surface area contributed by atoms with Crippen LogP contribution in [0.1, 0.15) is 36.8 Å². The predicted molar refractivity (Wildman–Crippen MR) is 157 cm³/mol. The Labute approximate surface area is 236 Å². The Morgan fingerprint density at radius 2 is 1.95 bits per heavy atom. The summed E-state index contributed by atoms with van der Waals surface area (Å²) in [4.78, 5) is 29.7. The average Bonchev–Trinajstić information content (AvgIpc) is 3.29. The molecule has 2 aliphatic heterocycles. The molecule has 0 saturated carbocycles. The molecular formula is C31H37N5O2S. The monoisotopic (exact) mass is 543 g/mol. The molecule has 0 aromatic heterocycles. The minimum atomic E-state index is -0.974. The summed E-state index contributed by atoms with van der Waals surface area (Å²) in [5.41, 5.74) is 3.69. The van der Waals surface area contributed by atoms with Gasteiger partial charge in [0, 0.05) is 25.3 Å². The Morgan fingerprint density at radius 3 is 2.64 bits per heavy atom. The van der Waals surface area contributed by atoms with Gasteiger partial charge in [0.1, 0.15) is 10.6 Å². The lowest BCUT2D eigenvalue weighted by Crippen LogP contribution is -2.44. The number of amides is 2. The van der Waals surface area contributed by atoms with Crippen molar-refractivity contribution in [1.82, 2.24) is 15.1 Å². The number of likely N-dealkylation sites (tertiary alicyclic amines) is 1. The van der Waals surface area contributed by atoms with Gasteiger partial charge in [0.15, 0.2) is 5.92 Å². The van der Waals surface area contributed by atoms with Crippen molar-refractivity contribution >= 4 is 29.3 Å². The molecule has 2 aliphatic rings. The molecular weight excluding hydrogens is 506 g/mol. The molecule has 2 aromatic carbocycles. The molecule has 3 atom stereocenters. The van der Waals surface area contributed by atoms with E-state index in [-0.39, 0.29) is 17.7 Å². The number of rotatable bonds is 11. The first-order valence-electron chi connectivity index (χ1n) is 13.7. The van der Waals surface area contributed by atoms with Crippen LogP contribution in [-0.2, 0) is 16.0 Å². The van der Waals surface area contributed by atoms with Crippen molar-refractivity contribution in [2.75, 3.05) is 44.6 Å². The van der Waals surface area contributed by atoms with Crippen LogP contribution in [0.2, 0.25) is 0 Å². The van der Waals surface area contributed by atoms with E-state index in [2.05, 4.69) is 70.0 Å². The normalized spacial score (nSPS) is 20.7.